The molecular formula is C25H41NO4. The number of carbonyl (C=O) groups excluding carboxylic acids is 2. The van der Waals surface area contributed by atoms with E-state index >= 15 is 0 Å². The third kappa shape index (κ3) is 3.49. The Bertz CT molecular complexity index is 680. The van der Waals surface area contributed by atoms with E-state index < -0.39 is 0 Å². The summed E-state index contributed by atoms with van der Waals surface area (Å²) in [6.45, 7) is 7.02. The molecule has 8 atom stereocenters. The van der Waals surface area contributed by atoms with Gasteiger partial charge in [0.25, 0.3) is 0 Å². The van der Waals surface area contributed by atoms with Crippen molar-refractivity contribution in [1.82, 2.24) is 4.90 Å². The van der Waals surface area contributed by atoms with Crippen LogP contribution in [0.5, 0.6) is 0 Å². The highest BCUT2D eigenvalue weighted by atomic mass is 16.6. The van der Waals surface area contributed by atoms with Crippen LogP contribution in [0.4, 0.5) is 4.79 Å². The first-order chi connectivity index (χ1) is 14.2. The van der Waals surface area contributed by atoms with Crippen LogP contribution in [-0.2, 0) is 9.53 Å². The van der Waals surface area contributed by atoms with Gasteiger partial charge in [-0.1, -0.05) is 13.8 Å². The zero-order chi connectivity index (χ0) is 21.7. The number of likely N-dealkylation sites (N-methyl/N-ethyl adjacent to an activating group) is 1. The molecule has 4 saturated carbocycles. The lowest BCUT2D eigenvalue weighted by Crippen LogP contribution is -2.54. The molecule has 5 heteroatoms. The summed E-state index contributed by atoms with van der Waals surface area (Å²) in [4.78, 5) is 26.1. The summed E-state index contributed by atoms with van der Waals surface area (Å²) < 4.78 is 5.80. The van der Waals surface area contributed by atoms with Gasteiger partial charge in [0.05, 0.1) is 6.61 Å². The van der Waals surface area contributed by atoms with Crippen molar-refractivity contribution in [2.75, 3.05) is 20.2 Å². The Morgan fingerprint density at radius 2 is 1.70 bits per heavy atom. The zero-order valence-corrected chi connectivity index (χ0v) is 19.4. The monoisotopic (exact) mass is 419 g/mol. The van der Waals surface area contributed by atoms with E-state index in [1.165, 1.54) is 37.0 Å². The quantitative estimate of drug-likeness (QED) is 0.719. The van der Waals surface area contributed by atoms with E-state index in [9.17, 15) is 9.59 Å². The number of rotatable bonds is 4. The number of aliphatic hydroxyl groups excluding tert-OH is 1. The van der Waals surface area contributed by atoms with E-state index in [0.717, 1.165) is 37.5 Å². The molecule has 1 amide bonds. The summed E-state index contributed by atoms with van der Waals surface area (Å²) >= 11 is 0. The minimum Gasteiger partial charge on any atom is -0.446 e. The molecule has 0 saturated heterocycles. The minimum absolute atomic E-state index is 0.00991. The molecule has 0 aliphatic heterocycles. The number of nitrogens with zero attached hydrogens (tertiary/aromatic N) is 1. The van der Waals surface area contributed by atoms with E-state index in [-0.39, 0.29) is 30.1 Å². The Morgan fingerprint density at radius 3 is 2.40 bits per heavy atom. The van der Waals surface area contributed by atoms with Gasteiger partial charge in [0.1, 0.15) is 11.9 Å². The Hall–Kier alpha value is -1.10. The first-order valence-corrected chi connectivity index (χ1v) is 12.2. The van der Waals surface area contributed by atoms with Crippen LogP contribution in [0, 0.1) is 40.4 Å². The second-order valence-corrected chi connectivity index (χ2v) is 11.4. The number of carbonyl (C=O) groups is 2. The van der Waals surface area contributed by atoms with Crippen LogP contribution in [0.15, 0.2) is 0 Å². The highest BCUT2D eigenvalue weighted by Crippen LogP contribution is 2.67. The predicted molar refractivity (Wildman–Crippen MR) is 116 cm³/mol. The normalized spacial score (nSPS) is 45.1. The Morgan fingerprint density at radius 1 is 1.00 bits per heavy atom. The lowest BCUT2D eigenvalue weighted by Gasteiger charge is -2.61. The fourth-order valence-corrected chi connectivity index (χ4v) is 8.47. The molecule has 4 fully saturated rings. The maximum Gasteiger partial charge on any atom is 0.409 e. The van der Waals surface area contributed by atoms with Crippen molar-refractivity contribution in [2.45, 2.75) is 84.7 Å². The maximum atomic E-state index is 12.3. The molecule has 0 unspecified atom stereocenters. The minimum atomic E-state index is -0.305. The van der Waals surface area contributed by atoms with Gasteiger partial charge < -0.3 is 14.7 Å². The van der Waals surface area contributed by atoms with Gasteiger partial charge in [-0.05, 0) is 99.2 Å². The molecule has 5 nitrogen and oxygen atoms in total. The van der Waals surface area contributed by atoms with E-state index in [0.29, 0.717) is 29.6 Å². The number of fused-ring (bicyclic) bond motifs is 5. The van der Waals surface area contributed by atoms with Gasteiger partial charge in [0.15, 0.2) is 0 Å². The second kappa shape index (κ2) is 8.11. The molecule has 0 aromatic heterocycles. The molecule has 4 aliphatic carbocycles. The third-order valence-electron chi connectivity index (χ3n) is 10.1. The molecule has 0 heterocycles. The topological polar surface area (TPSA) is 66.8 Å². The molecule has 0 aromatic rings. The molecule has 4 rings (SSSR count). The maximum absolute atomic E-state index is 12.3. The van der Waals surface area contributed by atoms with Crippen LogP contribution >= 0.6 is 0 Å². The summed E-state index contributed by atoms with van der Waals surface area (Å²) in [7, 11) is 1.69. The molecule has 170 valence electrons. The van der Waals surface area contributed by atoms with E-state index in [4.69, 9.17) is 9.84 Å². The van der Waals surface area contributed by atoms with Crippen LogP contribution in [-0.4, -0.2) is 48.2 Å². The predicted octanol–water partition coefficient (Wildman–Crippen LogP) is 4.66. The van der Waals surface area contributed by atoms with Gasteiger partial charge in [-0.2, -0.15) is 0 Å². The summed E-state index contributed by atoms with van der Waals surface area (Å²) in [5.41, 5.74) is 0.568. The fourth-order valence-electron chi connectivity index (χ4n) is 8.47. The van der Waals surface area contributed by atoms with Crippen molar-refractivity contribution in [2.24, 2.45) is 40.4 Å². The van der Waals surface area contributed by atoms with Crippen LogP contribution in [0.3, 0.4) is 0 Å². The molecule has 30 heavy (non-hydrogen) atoms. The molecule has 1 N–H and O–H groups in total. The van der Waals surface area contributed by atoms with Crippen LogP contribution in [0.25, 0.3) is 0 Å². The lowest BCUT2D eigenvalue weighted by atomic mass is 9.44. The Labute approximate surface area is 181 Å². The average Bonchev–Trinajstić information content (AvgIpc) is 3.06. The Kier molecular flexibility index (Phi) is 5.97. The number of aliphatic hydroxyl groups is 1. The fraction of sp³-hybridized carbons (Fsp3) is 0.920. The smallest absolute Gasteiger partial charge is 0.409 e. The number of hydrogen-bond acceptors (Lipinski definition) is 4. The number of amides is 1. The van der Waals surface area contributed by atoms with Crippen LogP contribution in [0.1, 0.15) is 78.6 Å². The van der Waals surface area contributed by atoms with Gasteiger partial charge in [-0.25, -0.2) is 4.79 Å². The van der Waals surface area contributed by atoms with E-state index in [2.05, 4.69) is 13.8 Å². The zero-order valence-electron chi connectivity index (χ0n) is 19.4. The van der Waals surface area contributed by atoms with Crippen molar-refractivity contribution >= 4 is 11.9 Å². The van der Waals surface area contributed by atoms with Crippen molar-refractivity contribution < 1.29 is 19.4 Å². The van der Waals surface area contributed by atoms with E-state index in [1.807, 2.05) is 6.92 Å². The molecule has 0 radical (unpaired) electrons. The van der Waals surface area contributed by atoms with Gasteiger partial charge in [-0.3, -0.25) is 4.79 Å². The second-order valence-electron chi connectivity index (χ2n) is 11.4. The number of Topliss-reactive ketones (excluding diaryl/α,β-unsaturated/α-hetero) is 1. The van der Waals surface area contributed by atoms with Gasteiger partial charge in [0, 0.05) is 19.5 Å². The molecule has 0 bridgehead atoms. The average molecular weight is 420 g/mol. The van der Waals surface area contributed by atoms with Crippen molar-refractivity contribution in [3.63, 3.8) is 0 Å². The van der Waals surface area contributed by atoms with Crippen molar-refractivity contribution in [3.8, 4) is 0 Å². The summed E-state index contributed by atoms with van der Waals surface area (Å²) in [6, 6.07) is 0. The molecular weight excluding hydrogens is 378 g/mol. The first kappa shape index (κ1) is 22.1. The molecule has 0 spiro atoms. The van der Waals surface area contributed by atoms with Gasteiger partial charge in [0.2, 0.25) is 0 Å². The number of hydrogen-bond donors (Lipinski definition) is 1. The summed E-state index contributed by atoms with van der Waals surface area (Å²) in [6.07, 6.45) is 10.1. The summed E-state index contributed by atoms with van der Waals surface area (Å²) in [5, 5.41) is 9.05. The highest BCUT2D eigenvalue weighted by molar-refractivity contribution is 5.79. The van der Waals surface area contributed by atoms with Crippen molar-refractivity contribution in [1.29, 1.82) is 0 Å². The first-order valence-electron chi connectivity index (χ1n) is 12.2. The lowest BCUT2D eigenvalue weighted by molar-refractivity contribution is -0.139. The van der Waals surface area contributed by atoms with Crippen molar-refractivity contribution in [3.05, 3.63) is 0 Å². The third-order valence-corrected chi connectivity index (χ3v) is 10.1. The van der Waals surface area contributed by atoms with Gasteiger partial charge in [-0.15, -0.1) is 0 Å². The summed E-state index contributed by atoms with van der Waals surface area (Å²) in [5.74, 6) is 3.55. The number of ketones is 1. The van der Waals surface area contributed by atoms with Gasteiger partial charge >= 0.3 is 6.09 Å². The molecule has 0 aromatic carbocycles. The highest BCUT2D eigenvalue weighted by Gasteiger charge is 2.60. The van der Waals surface area contributed by atoms with E-state index in [1.54, 1.807) is 7.05 Å². The van der Waals surface area contributed by atoms with Crippen LogP contribution in [0.2, 0.25) is 0 Å². The largest absolute Gasteiger partial charge is 0.446 e. The number of ether oxygens (including phenoxy) is 1. The Balaban J connectivity index is 1.44. The standard InChI is InChI=1S/C25H41NO4/c1-16(28)20-7-8-21-19-6-5-17-15-18(30-23(29)26(4)13-14-27)9-11-24(17,2)22(19)10-12-25(20,21)3/h17-22,27H,5-15H2,1-4H3/t17-,18+,19-,20+,21-,22-,24-,25+/m0/s1. The SMILES string of the molecule is CC(=O)[C@H]1CC[C@H]2[C@@H]3CC[C@H]4C[C@H](OC(=O)N(C)CCO)CC[C@]4(C)[C@H]3CC[C@]12C. The molecule has 4 aliphatic rings. The van der Waals surface area contributed by atoms with Crippen LogP contribution < -0.4 is 0 Å².